The number of ether oxygens (including phenoxy) is 1. The number of carbonyl (C=O) groups is 1. The van der Waals surface area contributed by atoms with Gasteiger partial charge in [-0.15, -0.1) is 0 Å². The first-order valence-corrected chi connectivity index (χ1v) is 9.32. The number of nitrogens with zero attached hydrogens (tertiary/aromatic N) is 2. The second kappa shape index (κ2) is 8.57. The number of hydrazone groups is 1. The second-order valence-electron chi connectivity index (χ2n) is 6.65. The minimum atomic E-state index is -0.225. The third kappa shape index (κ3) is 4.31. The highest BCUT2D eigenvalue weighted by atomic mass is 16.5. The highest BCUT2D eigenvalue weighted by molar-refractivity contribution is 5.95. The molecule has 28 heavy (non-hydrogen) atoms. The van der Waals surface area contributed by atoms with Gasteiger partial charge in [-0.3, -0.25) is 4.79 Å². The van der Waals surface area contributed by atoms with Crippen LogP contribution in [0.25, 0.3) is 5.69 Å². The van der Waals surface area contributed by atoms with Gasteiger partial charge in [0.2, 0.25) is 0 Å². The van der Waals surface area contributed by atoms with Gasteiger partial charge in [0.25, 0.3) is 5.91 Å². The number of carbonyl (C=O) groups excluding carboxylic acids is 1. The summed E-state index contributed by atoms with van der Waals surface area (Å²) < 4.78 is 7.66. The first-order valence-electron chi connectivity index (χ1n) is 9.32. The third-order valence-electron chi connectivity index (χ3n) is 4.56. The monoisotopic (exact) mass is 375 g/mol. The lowest BCUT2D eigenvalue weighted by Crippen LogP contribution is -2.17. The van der Waals surface area contributed by atoms with Gasteiger partial charge in [0, 0.05) is 28.2 Å². The van der Waals surface area contributed by atoms with Crippen molar-refractivity contribution in [2.24, 2.45) is 5.10 Å². The van der Waals surface area contributed by atoms with Crippen LogP contribution in [0.3, 0.4) is 0 Å². The van der Waals surface area contributed by atoms with Crippen molar-refractivity contribution in [3.05, 3.63) is 82.7 Å². The maximum atomic E-state index is 12.2. The number of amides is 1. The van der Waals surface area contributed by atoms with Crippen molar-refractivity contribution in [1.29, 1.82) is 0 Å². The molecule has 0 spiro atoms. The van der Waals surface area contributed by atoms with Crippen molar-refractivity contribution in [2.75, 3.05) is 6.61 Å². The van der Waals surface area contributed by atoms with E-state index in [-0.39, 0.29) is 5.91 Å². The minimum absolute atomic E-state index is 0.225. The molecule has 5 nitrogen and oxygen atoms in total. The number of aryl methyl sites for hydroxylation is 2. The summed E-state index contributed by atoms with van der Waals surface area (Å²) in [6.45, 7) is 8.69. The van der Waals surface area contributed by atoms with E-state index in [0.717, 1.165) is 34.0 Å². The molecule has 0 saturated heterocycles. The van der Waals surface area contributed by atoms with Gasteiger partial charge in [0.15, 0.2) is 0 Å². The van der Waals surface area contributed by atoms with Gasteiger partial charge in [-0.1, -0.05) is 17.7 Å². The Morgan fingerprint density at radius 3 is 2.39 bits per heavy atom. The number of benzene rings is 2. The molecule has 144 valence electrons. The van der Waals surface area contributed by atoms with Crippen LogP contribution >= 0.6 is 0 Å². The van der Waals surface area contributed by atoms with Crippen LogP contribution in [0.15, 0.2) is 59.7 Å². The highest BCUT2D eigenvalue weighted by Crippen LogP contribution is 2.22. The molecular weight excluding hydrogens is 350 g/mol. The summed E-state index contributed by atoms with van der Waals surface area (Å²) in [4.78, 5) is 12.2. The average molecular weight is 375 g/mol. The van der Waals surface area contributed by atoms with Gasteiger partial charge in [-0.25, -0.2) is 5.43 Å². The highest BCUT2D eigenvalue weighted by Gasteiger charge is 2.10. The Morgan fingerprint density at radius 2 is 1.75 bits per heavy atom. The first kappa shape index (κ1) is 19.4. The van der Waals surface area contributed by atoms with Crippen LogP contribution in [0, 0.1) is 20.8 Å². The SMILES string of the molecule is CCOc1ccc(-n2c(C)cc(/C=N\NC(=O)c3ccc(C)cc3)c2C)cc1. The second-order valence-corrected chi connectivity index (χ2v) is 6.65. The zero-order chi connectivity index (χ0) is 20.1. The van der Waals surface area contributed by atoms with Gasteiger partial charge in [0.05, 0.1) is 12.8 Å². The summed E-state index contributed by atoms with van der Waals surface area (Å²) in [7, 11) is 0. The van der Waals surface area contributed by atoms with Gasteiger partial charge in [-0.2, -0.15) is 5.10 Å². The van der Waals surface area contributed by atoms with E-state index < -0.39 is 0 Å². The molecular formula is C23H25N3O2. The van der Waals surface area contributed by atoms with Crippen LogP contribution in [0.1, 0.15) is 39.8 Å². The summed E-state index contributed by atoms with van der Waals surface area (Å²) in [6.07, 6.45) is 1.68. The summed E-state index contributed by atoms with van der Waals surface area (Å²) in [5, 5.41) is 4.13. The fourth-order valence-electron chi connectivity index (χ4n) is 3.10. The molecule has 0 unspecified atom stereocenters. The molecule has 0 aliphatic rings. The molecule has 5 heteroatoms. The molecule has 0 fully saturated rings. The average Bonchev–Trinajstić information content (AvgIpc) is 2.97. The Hall–Kier alpha value is -3.34. The largest absolute Gasteiger partial charge is 0.494 e. The first-order chi connectivity index (χ1) is 13.5. The van der Waals surface area contributed by atoms with Crippen LogP contribution < -0.4 is 10.2 Å². The van der Waals surface area contributed by atoms with Crippen LogP contribution in [-0.4, -0.2) is 23.3 Å². The molecule has 1 aromatic heterocycles. The molecule has 1 amide bonds. The standard InChI is InChI=1S/C23H25N3O2/c1-5-28-22-12-10-21(11-13-22)26-17(3)14-20(18(26)4)15-24-25-23(27)19-8-6-16(2)7-9-19/h6-15H,5H2,1-4H3,(H,25,27)/b24-15-. The predicted molar refractivity (Wildman–Crippen MR) is 113 cm³/mol. The van der Waals surface area contributed by atoms with E-state index in [2.05, 4.69) is 15.1 Å². The molecule has 0 radical (unpaired) electrons. The van der Waals surface area contributed by atoms with Crippen molar-refractivity contribution in [3.63, 3.8) is 0 Å². The van der Waals surface area contributed by atoms with Crippen molar-refractivity contribution >= 4 is 12.1 Å². The molecule has 1 heterocycles. The lowest BCUT2D eigenvalue weighted by molar-refractivity contribution is 0.0955. The van der Waals surface area contributed by atoms with Crippen LogP contribution in [-0.2, 0) is 0 Å². The van der Waals surface area contributed by atoms with E-state index >= 15 is 0 Å². The minimum Gasteiger partial charge on any atom is -0.494 e. The van der Waals surface area contributed by atoms with Crippen molar-refractivity contribution < 1.29 is 9.53 Å². The molecule has 0 saturated carbocycles. The third-order valence-corrected chi connectivity index (χ3v) is 4.56. The van der Waals surface area contributed by atoms with Crippen molar-refractivity contribution in [1.82, 2.24) is 9.99 Å². The lowest BCUT2D eigenvalue weighted by atomic mass is 10.1. The molecule has 0 aliphatic heterocycles. The lowest BCUT2D eigenvalue weighted by Gasteiger charge is -2.10. The number of rotatable bonds is 6. The molecule has 1 N–H and O–H groups in total. The molecule has 2 aromatic carbocycles. The summed E-state index contributed by atoms with van der Waals surface area (Å²) in [6, 6.07) is 17.4. The topological polar surface area (TPSA) is 55.6 Å². The maximum absolute atomic E-state index is 12.2. The smallest absolute Gasteiger partial charge is 0.271 e. The molecule has 3 aromatic rings. The Kier molecular flexibility index (Phi) is 5.94. The molecule has 0 aliphatic carbocycles. The van der Waals surface area contributed by atoms with Crippen LogP contribution in [0.4, 0.5) is 0 Å². The van der Waals surface area contributed by atoms with Gasteiger partial charge < -0.3 is 9.30 Å². The fourth-order valence-corrected chi connectivity index (χ4v) is 3.10. The van der Waals surface area contributed by atoms with Gasteiger partial charge in [0.1, 0.15) is 5.75 Å². The predicted octanol–water partition coefficient (Wildman–Crippen LogP) is 4.57. The Bertz CT molecular complexity index is 984. The normalized spacial score (nSPS) is 11.0. The van der Waals surface area contributed by atoms with E-state index in [1.807, 2.05) is 70.2 Å². The van der Waals surface area contributed by atoms with E-state index in [9.17, 15) is 4.79 Å². The Balaban J connectivity index is 1.75. The van der Waals surface area contributed by atoms with Gasteiger partial charge >= 0.3 is 0 Å². The van der Waals surface area contributed by atoms with E-state index in [1.54, 1.807) is 18.3 Å². The molecule has 3 rings (SSSR count). The Morgan fingerprint density at radius 1 is 1.07 bits per heavy atom. The van der Waals surface area contributed by atoms with Crippen LogP contribution in [0.2, 0.25) is 0 Å². The maximum Gasteiger partial charge on any atom is 0.271 e. The molecule has 0 atom stereocenters. The summed E-state index contributed by atoms with van der Waals surface area (Å²) >= 11 is 0. The van der Waals surface area contributed by atoms with E-state index in [4.69, 9.17) is 4.74 Å². The van der Waals surface area contributed by atoms with E-state index in [0.29, 0.717) is 12.2 Å². The number of nitrogens with one attached hydrogen (secondary N) is 1. The van der Waals surface area contributed by atoms with Crippen molar-refractivity contribution in [2.45, 2.75) is 27.7 Å². The number of aromatic nitrogens is 1. The van der Waals surface area contributed by atoms with Gasteiger partial charge in [-0.05, 0) is 70.2 Å². The molecule has 0 bridgehead atoms. The summed E-state index contributed by atoms with van der Waals surface area (Å²) in [5.41, 5.74) is 8.44. The quantitative estimate of drug-likeness (QED) is 0.507. The summed E-state index contributed by atoms with van der Waals surface area (Å²) in [5.74, 6) is 0.630. The number of hydrogen-bond acceptors (Lipinski definition) is 3. The zero-order valence-corrected chi connectivity index (χ0v) is 16.7. The zero-order valence-electron chi connectivity index (χ0n) is 16.7. The fraction of sp³-hybridized carbons (Fsp3) is 0.217. The van der Waals surface area contributed by atoms with Crippen LogP contribution in [0.5, 0.6) is 5.75 Å². The van der Waals surface area contributed by atoms with Crippen molar-refractivity contribution in [3.8, 4) is 11.4 Å². The Labute approximate surface area is 165 Å². The number of hydrogen-bond donors (Lipinski definition) is 1. The van der Waals surface area contributed by atoms with E-state index in [1.165, 1.54) is 0 Å².